The first-order valence-corrected chi connectivity index (χ1v) is 8.45. The summed E-state index contributed by atoms with van der Waals surface area (Å²) in [7, 11) is 1.86. The number of hydrogen-bond donors (Lipinski definition) is 1. The molecule has 6 heteroatoms. The average molecular weight is 412 g/mol. The third-order valence-corrected chi connectivity index (χ3v) is 4.54. The van der Waals surface area contributed by atoms with Gasteiger partial charge in [0, 0.05) is 24.1 Å². The Morgan fingerprint density at radius 2 is 2.04 bits per heavy atom. The Morgan fingerprint density at radius 1 is 1.25 bits per heavy atom. The van der Waals surface area contributed by atoms with Gasteiger partial charge in [-0.15, -0.1) is 12.4 Å². The molecule has 1 amide bonds. The predicted octanol–water partition coefficient (Wildman–Crippen LogP) is 4.10. The number of ether oxygens (including phenoxy) is 1. The fourth-order valence-electron chi connectivity index (χ4n) is 2.72. The summed E-state index contributed by atoms with van der Waals surface area (Å²) in [4.78, 5) is 14.6. The van der Waals surface area contributed by atoms with Gasteiger partial charge in [-0.2, -0.15) is 0 Å². The van der Waals surface area contributed by atoms with Gasteiger partial charge in [-0.1, -0.05) is 34.1 Å². The van der Waals surface area contributed by atoms with Crippen molar-refractivity contribution in [1.82, 2.24) is 10.2 Å². The number of hydrogen-bond acceptors (Lipinski definition) is 3. The van der Waals surface area contributed by atoms with Crippen LogP contribution in [-0.4, -0.2) is 37.0 Å². The van der Waals surface area contributed by atoms with Gasteiger partial charge in [0.15, 0.2) is 0 Å². The maximum absolute atomic E-state index is 12.8. The van der Waals surface area contributed by atoms with Gasteiger partial charge in [-0.3, -0.25) is 4.79 Å². The summed E-state index contributed by atoms with van der Waals surface area (Å²) in [5.74, 6) is 1.27. The molecule has 0 saturated carbocycles. The van der Waals surface area contributed by atoms with E-state index in [0.717, 1.165) is 24.0 Å². The van der Waals surface area contributed by atoms with Gasteiger partial charge in [-0.25, -0.2) is 0 Å². The molecule has 24 heavy (non-hydrogen) atoms. The van der Waals surface area contributed by atoms with Crippen LogP contribution in [0.2, 0.25) is 0 Å². The van der Waals surface area contributed by atoms with Crippen LogP contribution in [0.15, 0.2) is 53.0 Å². The van der Waals surface area contributed by atoms with Crippen molar-refractivity contribution in [2.24, 2.45) is 0 Å². The van der Waals surface area contributed by atoms with E-state index in [2.05, 4.69) is 21.2 Å². The van der Waals surface area contributed by atoms with Gasteiger partial charge in [0.25, 0.3) is 5.91 Å². The minimum atomic E-state index is -0.00991. The quantitative estimate of drug-likeness (QED) is 0.823. The number of para-hydroxylation sites is 1. The number of carbonyl (C=O) groups is 1. The molecule has 2 aromatic rings. The Kier molecular flexibility index (Phi) is 6.66. The van der Waals surface area contributed by atoms with Gasteiger partial charge in [-0.05, 0) is 43.3 Å². The highest BCUT2D eigenvalue weighted by Gasteiger charge is 2.25. The predicted molar refractivity (Wildman–Crippen MR) is 101 cm³/mol. The fraction of sp³-hybridized carbons (Fsp3) is 0.278. The van der Waals surface area contributed by atoms with Crippen LogP contribution in [0.5, 0.6) is 11.5 Å². The van der Waals surface area contributed by atoms with Crippen LogP contribution in [0.25, 0.3) is 0 Å². The van der Waals surface area contributed by atoms with Crippen molar-refractivity contribution in [1.29, 1.82) is 0 Å². The molecule has 1 aliphatic heterocycles. The lowest BCUT2D eigenvalue weighted by Gasteiger charge is -2.24. The maximum atomic E-state index is 12.8. The van der Waals surface area contributed by atoms with E-state index in [4.69, 9.17) is 4.74 Å². The number of halogens is 2. The Bertz CT molecular complexity index is 705. The molecule has 0 aliphatic carbocycles. The number of amides is 1. The van der Waals surface area contributed by atoms with E-state index in [1.807, 2.05) is 60.5 Å². The Labute approximate surface area is 156 Å². The molecule has 3 rings (SSSR count). The summed E-state index contributed by atoms with van der Waals surface area (Å²) in [6, 6.07) is 15.2. The van der Waals surface area contributed by atoms with E-state index in [9.17, 15) is 4.79 Å². The molecule has 1 N–H and O–H groups in total. The summed E-state index contributed by atoms with van der Waals surface area (Å²) >= 11 is 3.43. The van der Waals surface area contributed by atoms with E-state index in [-0.39, 0.29) is 24.4 Å². The van der Waals surface area contributed by atoms with Crippen molar-refractivity contribution in [3.63, 3.8) is 0 Å². The third kappa shape index (κ3) is 4.29. The van der Waals surface area contributed by atoms with Gasteiger partial charge in [0.2, 0.25) is 0 Å². The number of nitrogens with one attached hydrogen (secondary N) is 1. The van der Waals surface area contributed by atoms with Crippen LogP contribution in [-0.2, 0) is 0 Å². The van der Waals surface area contributed by atoms with Crippen LogP contribution >= 0.6 is 28.3 Å². The van der Waals surface area contributed by atoms with Crippen molar-refractivity contribution >= 4 is 34.2 Å². The summed E-state index contributed by atoms with van der Waals surface area (Å²) in [5.41, 5.74) is 0.585. The normalized spacial score (nSPS) is 16.3. The van der Waals surface area contributed by atoms with E-state index in [1.165, 1.54) is 0 Å². The molecule has 4 nitrogen and oxygen atoms in total. The first-order chi connectivity index (χ1) is 11.1. The van der Waals surface area contributed by atoms with Gasteiger partial charge in [0.1, 0.15) is 11.5 Å². The molecule has 0 spiro atoms. The molecule has 0 aromatic heterocycles. The van der Waals surface area contributed by atoms with Crippen LogP contribution in [0.3, 0.4) is 0 Å². The maximum Gasteiger partial charge on any atom is 0.257 e. The van der Waals surface area contributed by atoms with Gasteiger partial charge in [0.05, 0.1) is 5.56 Å². The molecule has 0 radical (unpaired) electrons. The standard InChI is InChI=1S/C18H19BrN2O2.ClH/c1-21(14-9-10-20-12-14)18(22)16-7-2-3-8-17(16)23-15-6-4-5-13(19)11-15;/h2-8,11,14,20H,9-10,12H2,1H3;1H. The first kappa shape index (κ1) is 18.8. The number of nitrogens with zero attached hydrogens (tertiary/aromatic N) is 1. The molecule has 0 bridgehead atoms. The highest BCUT2D eigenvalue weighted by molar-refractivity contribution is 9.10. The lowest BCUT2D eigenvalue weighted by Crippen LogP contribution is -2.38. The van der Waals surface area contributed by atoms with Crippen molar-refractivity contribution < 1.29 is 9.53 Å². The second kappa shape index (κ2) is 8.51. The fourth-order valence-corrected chi connectivity index (χ4v) is 3.09. The molecule has 2 aromatic carbocycles. The smallest absolute Gasteiger partial charge is 0.257 e. The molecule has 128 valence electrons. The third-order valence-electron chi connectivity index (χ3n) is 4.04. The molecule has 1 heterocycles. The highest BCUT2D eigenvalue weighted by atomic mass is 79.9. The second-order valence-corrected chi connectivity index (χ2v) is 6.53. The van der Waals surface area contributed by atoms with Crippen molar-refractivity contribution in [3.8, 4) is 11.5 Å². The molecule has 1 saturated heterocycles. The number of carbonyl (C=O) groups excluding carboxylic acids is 1. The van der Waals surface area contributed by atoms with E-state index < -0.39 is 0 Å². The number of likely N-dealkylation sites (N-methyl/N-ethyl adjacent to an activating group) is 1. The topological polar surface area (TPSA) is 41.6 Å². The summed E-state index contributed by atoms with van der Waals surface area (Å²) in [6.45, 7) is 1.80. The minimum Gasteiger partial charge on any atom is -0.456 e. The van der Waals surface area contributed by atoms with Gasteiger partial charge < -0.3 is 15.0 Å². The molecule has 1 unspecified atom stereocenters. The number of benzene rings is 2. The van der Waals surface area contributed by atoms with E-state index >= 15 is 0 Å². The van der Waals surface area contributed by atoms with Crippen molar-refractivity contribution in [2.75, 3.05) is 20.1 Å². The summed E-state index contributed by atoms with van der Waals surface area (Å²) in [6.07, 6.45) is 0.983. The largest absolute Gasteiger partial charge is 0.456 e. The number of rotatable bonds is 4. The Balaban J connectivity index is 0.00000208. The molecular weight excluding hydrogens is 392 g/mol. The second-order valence-electron chi connectivity index (χ2n) is 5.62. The molecule has 1 aliphatic rings. The lowest BCUT2D eigenvalue weighted by molar-refractivity contribution is 0.0741. The highest BCUT2D eigenvalue weighted by Crippen LogP contribution is 2.28. The average Bonchev–Trinajstić information content (AvgIpc) is 3.08. The van der Waals surface area contributed by atoms with E-state index in [1.54, 1.807) is 0 Å². The van der Waals surface area contributed by atoms with Crippen LogP contribution in [0.1, 0.15) is 16.8 Å². The lowest BCUT2D eigenvalue weighted by atomic mass is 10.1. The zero-order chi connectivity index (χ0) is 16.2. The first-order valence-electron chi connectivity index (χ1n) is 7.65. The molecular formula is C18H20BrClN2O2. The van der Waals surface area contributed by atoms with Crippen LogP contribution in [0, 0.1) is 0 Å². The summed E-state index contributed by atoms with van der Waals surface area (Å²) in [5, 5.41) is 3.29. The van der Waals surface area contributed by atoms with Crippen molar-refractivity contribution in [3.05, 3.63) is 58.6 Å². The monoisotopic (exact) mass is 410 g/mol. The zero-order valence-electron chi connectivity index (χ0n) is 13.4. The van der Waals surface area contributed by atoms with Crippen molar-refractivity contribution in [2.45, 2.75) is 12.5 Å². The van der Waals surface area contributed by atoms with Gasteiger partial charge >= 0.3 is 0 Å². The molecule has 1 fully saturated rings. The zero-order valence-corrected chi connectivity index (χ0v) is 15.8. The summed E-state index contributed by atoms with van der Waals surface area (Å²) < 4.78 is 6.87. The SMILES string of the molecule is CN(C(=O)c1ccccc1Oc1cccc(Br)c1)C1CCNC1.Cl. The van der Waals surface area contributed by atoms with Crippen LogP contribution < -0.4 is 10.1 Å². The van der Waals surface area contributed by atoms with E-state index in [0.29, 0.717) is 17.1 Å². The Hall–Kier alpha value is -1.56. The Morgan fingerprint density at radius 3 is 2.75 bits per heavy atom. The minimum absolute atomic E-state index is 0. The van der Waals surface area contributed by atoms with Crippen LogP contribution in [0.4, 0.5) is 0 Å². The molecule has 1 atom stereocenters.